The van der Waals surface area contributed by atoms with Gasteiger partial charge in [0.15, 0.2) is 41.8 Å². The molecule has 0 aromatic carbocycles. The van der Waals surface area contributed by atoms with Crippen molar-refractivity contribution in [2.75, 3.05) is 6.61 Å². The van der Waals surface area contributed by atoms with Crippen LogP contribution in [0, 0.1) is 11.8 Å². The molecule has 0 aliphatic carbocycles. The molecule has 8 unspecified atom stereocenters. The van der Waals surface area contributed by atoms with Crippen LogP contribution in [-0.4, -0.2) is 193 Å². The molecule has 9 fully saturated rings. The molecule has 26 nitrogen and oxygen atoms in total. The van der Waals surface area contributed by atoms with Crippen LogP contribution in [0.4, 0.5) is 0 Å². The zero-order valence-corrected chi connectivity index (χ0v) is 51.4. The first kappa shape index (κ1) is 67.9. The second-order valence-corrected chi connectivity index (χ2v) is 24.3. The lowest BCUT2D eigenvalue weighted by molar-refractivity contribution is -0.289. The van der Waals surface area contributed by atoms with Crippen LogP contribution in [0.5, 0.6) is 0 Å². The zero-order chi connectivity index (χ0) is 62.4. The van der Waals surface area contributed by atoms with Crippen molar-refractivity contribution < 1.29 is 124 Å². The van der Waals surface area contributed by atoms with Crippen molar-refractivity contribution in [2.45, 2.75) is 284 Å². The molecular weight excluding hydrogens is 1100 g/mol. The van der Waals surface area contributed by atoms with Gasteiger partial charge in [-0.3, -0.25) is 28.8 Å². The molecule has 0 bridgehead atoms. The highest BCUT2D eigenvalue weighted by Gasteiger charge is 2.64. The summed E-state index contributed by atoms with van der Waals surface area (Å²) in [6.07, 6.45) is -11.0. The number of hydrogen-bond acceptors (Lipinski definition) is 26. The van der Waals surface area contributed by atoms with Gasteiger partial charge in [0.25, 0.3) is 0 Å². The summed E-state index contributed by atoms with van der Waals surface area (Å²) in [7, 11) is 0. The Morgan fingerprint density at radius 1 is 0.434 bits per heavy atom. The van der Waals surface area contributed by atoms with E-state index in [1.54, 1.807) is 20.8 Å². The van der Waals surface area contributed by atoms with Gasteiger partial charge in [-0.1, -0.05) is 32.6 Å². The lowest BCUT2D eigenvalue weighted by Crippen LogP contribution is -2.60. The SMILES string of the molecule is C=C(C)[C@@H]1OC(OC(C)=O)[C@@H](OC(C)=O)[C@H](OC(C)=O)[C@@H]1C.C=C(C)[C@@H]1OC2OC(C)(C)O[C@H]2C2OC(C)(C)O[C@@H]21.CC(=O)OC1O[C@@H](C2(C)CO2)[C@@H](C)[C@@H](OC(C)=O)[C@@H]1OC(C)=O.CC(O)[C@@H]1OC2OC(C)(C)O[C@H]2C2OC(C)(C)O[C@@H]21. The number of aliphatic hydroxyl groups excluding tert-OH is 1. The van der Waals surface area contributed by atoms with Gasteiger partial charge in [-0.15, -0.1) is 0 Å². The molecule has 0 spiro atoms. The Labute approximate surface area is 485 Å². The van der Waals surface area contributed by atoms with Crippen LogP contribution in [0.2, 0.25) is 0 Å². The number of carbonyl (C=O) groups is 6. The zero-order valence-electron chi connectivity index (χ0n) is 51.4. The van der Waals surface area contributed by atoms with Crippen molar-refractivity contribution in [3.05, 3.63) is 24.3 Å². The number of rotatable bonds is 10. The third-order valence-corrected chi connectivity index (χ3v) is 14.5. The molecule has 0 radical (unpaired) electrons. The maximum absolute atomic E-state index is 11.4. The highest BCUT2D eigenvalue weighted by atomic mass is 16.9. The average Bonchev–Trinajstić information content (AvgIpc) is 3.87. The quantitative estimate of drug-likeness (QED) is 0.135. The van der Waals surface area contributed by atoms with Crippen LogP contribution < -0.4 is 0 Å². The lowest BCUT2D eigenvalue weighted by Gasteiger charge is -2.44. The van der Waals surface area contributed by atoms with Crippen LogP contribution in [-0.2, 0) is 119 Å². The van der Waals surface area contributed by atoms with E-state index in [0.29, 0.717) is 12.2 Å². The van der Waals surface area contributed by atoms with Crippen molar-refractivity contribution in [3.63, 3.8) is 0 Å². The minimum Gasteiger partial charge on any atom is -0.458 e. The van der Waals surface area contributed by atoms with Crippen molar-refractivity contribution in [2.24, 2.45) is 11.8 Å². The Morgan fingerprint density at radius 2 is 0.771 bits per heavy atom. The summed E-state index contributed by atoms with van der Waals surface area (Å²) in [6, 6.07) is 0. The predicted molar refractivity (Wildman–Crippen MR) is 282 cm³/mol. The molecule has 26 heteroatoms. The average molecular weight is 1190 g/mol. The fourth-order valence-corrected chi connectivity index (χ4v) is 11.4. The van der Waals surface area contributed by atoms with Crippen LogP contribution in [0.15, 0.2) is 24.3 Å². The van der Waals surface area contributed by atoms with Gasteiger partial charge in [0, 0.05) is 53.4 Å². The van der Waals surface area contributed by atoms with Gasteiger partial charge in [0.1, 0.15) is 60.5 Å². The van der Waals surface area contributed by atoms with E-state index >= 15 is 0 Å². The minimum absolute atomic E-state index is 0.197. The summed E-state index contributed by atoms with van der Waals surface area (Å²) in [4.78, 5) is 68.1. The molecule has 0 amide bonds. The fraction of sp³-hybridized carbons (Fsp3) is 0.825. The second-order valence-electron chi connectivity index (χ2n) is 24.3. The van der Waals surface area contributed by atoms with Gasteiger partial charge in [0.2, 0.25) is 24.8 Å². The summed E-state index contributed by atoms with van der Waals surface area (Å²) >= 11 is 0. The molecule has 0 aromatic rings. The number of esters is 6. The first-order valence-electron chi connectivity index (χ1n) is 27.8. The Kier molecular flexibility index (Phi) is 21.2. The Morgan fingerprint density at radius 3 is 1.17 bits per heavy atom. The first-order chi connectivity index (χ1) is 38.1. The van der Waals surface area contributed by atoms with Crippen molar-refractivity contribution >= 4 is 35.8 Å². The molecule has 9 rings (SSSR count). The molecule has 1 N–H and O–H groups in total. The van der Waals surface area contributed by atoms with Crippen LogP contribution in [0.25, 0.3) is 0 Å². The molecule has 9 aliphatic heterocycles. The third-order valence-electron chi connectivity index (χ3n) is 14.5. The Hall–Kier alpha value is -4.26. The maximum Gasteiger partial charge on any atom is 0.305 e. The van der Waals surface area contributed by atoms with Gasteiger partial charge >= 0.3 is 35.8 Å². The molecule has 472 valence electrons. The van der Waals surface area contributed by atoms with Gasteiger partial charge in [0.05, 0.1) is 24.9 Å². The molecule has 22 atom stereocenters. The number of ether oxygens (including phenoxy) is 19. The van der Waals surface area contributed by atoms with Gasteiger partial charge in [-0.05, 0) is 88.7 Å². The number of hydrogen-bond donors (Lipinski definition) is 1. The number of carbonyl (C=O) groups excluding carboxylic acids is 6. The van der Waals surface area contributed by atoms with E-state index in [2.05, 4.69) is 13.2 Å². The van der Waals surface area contributed by atoms with Crippen molar-refractivity contribution in [1.29, 1.82) is 0 Å². The largest absolute Gasteiger partial charge is 0.458 e. The molecular formula is C57H88O26. The number of aliphatic hydroxyl groups is 1. The third kappa shape index (κ3) is 16.8. The molecule has 9 saturated heterocycles. The van der Waals surface area contributed by atoms with Crippen molar-refractivity contribution in [3.8, 4) is 0 Å². The van der Waals surface area contributed by atoms with E-state index in [1.807, 2.05) is 76.2 Å². The number of epoxide rings is 1. The minimum atomic E-state index is -1.16. The van der Waals surface area contributed by atoms with E-state index in [9.17, 15) is 33.9 Å². The molecule has 0 aromatic heterocycles. The summed E-state index contributed by atoms with van der Waals surface area (Å²) in [6.45, 7) is 41.4. The summed E-state index contributed by atoms with van der Waals surface area (Å²) in [5.74, 6) is -6.81. The summed E-state index contributed by atoms with van der Waals surface area (Å²) < 4.78 is 107. The van der Waals surface area contributed by atoms with E-state index in [4.69, 9.17) is 90.0 Å². The first-order valence-corrected chi connectivity index (χ1v) is 27.8. The smallest absolute Gasteiger partial charge is 0.305 e. The molecule has 9 heterocycles. The summed E-state index contributed by atoms with van der Waals surface area (Å²) in [5.41, 5.74) is 1.04. The van der Waals surface area contributed by atoms with Gasteiger partial charge in [-0.2, -0.15) is 0 Å². The molecule has 0 saturated carbocycles. The number of fused-ring (bicyclic) bond motifs is 6. The van der Waals surface area contributed by atoms with Crippen molar-refractivity contribution in [1.82, 2.24) is 0 Å². The molecule has 83 heavy (non-hydrogen) atoms. The highest BCUT2D eigenvalue weighted by Crippen LogP contribution is 2.48. The van der Waals surface area contributed by atoms with E-state index in [-0.39, 0.29) is 54.6 Å². The maximum atomic E-state index is 11.4. The van der Waals surface area contributed by atoms with Crippen LogP contribution in [0.1, 0.15) is 138 Å². The fourth-order valence-electron chi connectivity index (χ4n) is 11.4. The van der Waals surface area contributed by atoms with Gasteiger partial charge in [-0.25, -0.2) is 0 Å². The van der Waals surface area contributed by atoms with Gasteiger partial charge < -0.3 is 95.1 Å². The van der Waals surface area contributed by atoms with E-state index in [1.165, 1.54) is 41.5 Å². The summed E-state index contributed by atoms with van der Waals surface area (Å²) in [5, 5.41) is 9.89. The topological polar surface area (TPSA) is 301 Å². The lowest BCUT2D eigenvalue weighted by atomic mass is 9.84. The Bertz CT molecular complexity index is 2360. The second kappa shape index (κ2) is 26.0. The van der Waals surface area contributed by atoms with Crippen LogP contribution >= 0.6 is 0 Å². The standard InChI is InChI=1S/C15H22O8.C15H22O7.C14H22O5.C13H22O6/c1-7-11(20-8(2)16)12(21-9(3)17)14(22-10(4)18)23-13(7)15(5)6-19-15;1-7(2)12-8(3)13(19-9(4)16)14(20-10(5)17)15(22-12)21-11(6)18;1-7(2)8-9-10(17-13(3,4)16-9)11-12(15-8)19-14(5,6)18-11;1-6(14)7-8-9(17-12(2,3)16-8)10-11(15-7)19-13(4,5)18-10/h7,11-14H,6H2,1-5H3;8,12-15H,1H2,2-6H3;8-12H,1H2,2-6H3;6-11,14H,1-5H3/t7-,11+,12-,13+,14?,15?;8-,12+,13-,14+,15?;8-,9+,10?,11-,12?;6?,7-,8+,9?,10-,11?/m0100/s1. The monoisotopic (exact) mass is 1190 g/mol. The normalized spacial score (nSPS) is 40.9. The van der Waals surface area contributed by atoms with Crippen LogP contribution in [0.3, 0.4) is 0 Å². The van der Waals surface area contributed by atoms with E-state index < -0.39 is 139 Å². The predicted octanol–water partition coefficient (Wildman–Crippen LogP) is 4.64. The molecule has 9 aliphatic rings. The van der Waals surface area contributed by atoms with E-state index in [0.717, 1.165) is 5.57 Å². The Balaban J connectivity index is 0.000000178. The highest BCUT2D eigenvalue weighted by molar-refractivity contribution is 5.69.